The van der Waals surface area contributed by atoms with Crippen molar-refractivity contribution in [2.75, 3.05) is 23.2 Å². The maximum Gasteiger partial charge on any atom is 0.229 e. The zero-order valence-electron chi connectivity index (χ0n) is 14.7. The quantitative estimate of drug-likeness (QED) is 0.264. The number of fused-ring (bicyclic) bond motifs is 1. The van der Waals surface area contributed by atoms with Gasteiger partial charge in [-0.1, -0.05) is 24.3 Å². The molecule has 3 N–H and O–H groups in total. The van der Waals surface area contributed by atoms with Crippen LogP contribution in [0.2, 0.25) is 0 Å². The van der Waals surface area contributed by atoms with Gasteiger partial charge >= 0.3 is 0 Å². The molecule has 1 heterocycles. The largest absolute Gasteiger partial charge is 0.398 e. The Bertz CT molecular complexity index is 1070. The Morgan fingerprint density at radius 3 is 2.48 bits per heavy atom. The minimum Gasteiger partial charge on any atom is -0.398 e. The lowest BCUT2D eigenvalue weighted by atomic mass is 10.1. The molecule has 0 aliphatic rings. The van der Waals surface area contributed by atoms with Crippen LogP contribution in [-0.2, 0) is 0 Å². The van der Waals surface area contributed by atoms with E-state index in [0.717, 1.165) is 33.5 Å². The molecular weight excluding hydrogens is 356 g/mol. The van der Waals surface area contributed by atoms with Crippen molar-refractivity contribution in [3.8, 4) is 0 Å². The fourth-order valence-corrected chi connectivity index (χ4v) is 3.23. The zero-order chi connectivity index (χ0) is 18.6. The Balaban J connectivity index is 1.52. The van der Waals surface area contributed by atoms with Gasteiger partial charge < -0.3 is 5.73 Å². The van der Waals surface area contributed by atoms with Crippen molar-refractivity contribution in [2.24, 2.45) is 10.2 Å². The van der Waals surface area contributed by atoms with Crippen molar-refractivity contribution in [3.63, 3.8) is 0 Å². The summed E-state index contributed by atoms with van der Waals surface area (Å²) < 4.78 is 0. The Hall–Kier alpha value is -3.45. The number of hydrogen-bond acceptors (Lipinski definition) is 7. The summed E-state index contributed by atoms with van der Waals surface area (Å²) in [5.74, 6) is 0. The van der Waals surface area contributed by atoms with Crippen LogP contribution in [0.3, 0.4) is 0 Å². The Kier molecular flexibility index (Phi) is 4.67. The van der Waals surface area contributed by atoms with Gasteiger partial charge in [0.1, 0.15) is 0 Å². The lowest BCUT2D eigenvalue weighted by molar-refractivity contribution is 1.09. The van der Waals surface area contributed by atoms with Crippen LogP contribution in [0.1, 0.15) is 0 Å². The number of thiazole rings is 1. The number of anilines is 3. The second kappa shape index (κ2) is 7.43. The Morgan fingerprint density at radius 1 is 0.963 bits per heavy atom. The molecule has 0 unspecified atom stereocenters. The van der Waals surface area contributed by atoms with E-state index < -0.39 is 0 Å². The van der Waals surface area contributed by atoms with Gasteiger partial charge in [0.15, 0.2) is 0 Å². The van der Waals surface area contributed by atoms with Crippen LogP contribution < -0.4 is 16.2 Å². The van der Waals surface area contributed by atoms with Crippen LogP contribution in [-0.4, -0.2) is 12.0 Å². The molecule has 0 aliphatic heterocycles. The molecule has 0 bridgehead atoms. The first-order chi connectivity index (χ1) is 13.2. The zero-order valence-corrected chi connectivity index (χ0v) is 15.5. The highest BCUT2D eigenvalue weighted by molar-refractivity contribution is 7.13. The van der Waals surface area contributed by atoms with Crippen molar-refractivity contribution in [2.45, 2.75) is 0 Å². The molecule has 0 aliphatic carbocycles. The summed E-state index contributed by atoms with van der Waals surface area (Å²) in [6.07, 6.45) is 1.71. The lowest BCUT2D eigenvalue weighted by Crippen LogP contribution is -2.24. The van der Waals surface area contributed by atoms with Crippen molar-refractivity contribution in [1.29, 1.82) is 0 Å². The SMILES string of the molecule is CN(Nc1ccc(N)c2ccccc12)c1ccc(N=Nc2nccs2)cc1. The molecule has 3 aromatic carbocycles. The molecule has 27 heavy (non-hydrogen) atoms. The van der Waals surface area contributed by atoms with Gasteiger partial charge in [-0.05, 0) is 36.4 Å². The van der Waals surface area contributed by atoms with E-state index in [1.807, 2.05) is 72.0 Å². The van der Waals surface area contributed by atoms with Gasteiger partial charge in [0.25, 0.3) is 0 Å². The average Bonchev–Trinajstić information content (AvgIpc) is 3.23. The number of aromatic nitrogens is 1. The minimum absolute atomic E-state index is 0.646. The molecule has 1 aromatic heterocycles. The second-order valence-electron chi connectivity index (χ2n) is 5.95. The first-order valence-corrected chi connectivity index (χ1v) is 9.27. The molecule has 0 atom stereocenters. The van der Waals surface area contributed by atoms with Crippen LogP contribution in [0.25, 0.3) is 10.8 Å². The number of hydrazine groups is 1. The molecule has 7 heteroatoms. The van der Waals surface area contributed by atoms with Crippen LogP contribution in [0.4, 0.5) is 27.9 Å². The summed E-state index contributed by atoms with van der Waals surface area (Å²) in [6.45, 7) is 0. The second-order valence-corrected chi connectivity index (χ2v) is 6.82. The van der Waals surface area contributed by atoms with E-state index in [1.54, 1.807) is 6.20 Å². The van der Waals surface area contributed by atoms with Crippen LogP contribution in [0.15, 0.2) is 82.5 Å². The summed E-state index contributed by atoms with van der Waals surface area (Å²) in [6, 6.07) is 19.8. The first-order valence-electron chi connectivity index (χ1n) is 8.39. The number of hydrogen-bond donors (Lipinski definition) is 2. The highest BCUT2D eigenvalue weighted by Crippen LogP contribution is 2.29. The molecule has 0 saturated carbocycles. The number of nitrogens with two attached hydrogens (primary N) is 1. The summed E-state index contributed by atoms with van der Waals surface area (Å²) in [7, 11) is 1.97. The van der Waals surface area contributed by atoms with Gasteiger partial charge in [0.05, 0.1) is 17.1 Å². The van der Waals surface area contributed by atoms with Crippen molar-refractivity contribution < 1.29 is 0 Å². The standard InChI is InChI=1S/C20H18N6S/c1-26(25-19-11-10-18(21)16-4-2-3-5-17(16)19)15-8-6-14(7-9-15)23-24-20-22-12-13-27-20/h2-13,25H,21H2,1H3. The maximum absolute atomic E-state index is 6.08. The van der Waals surface area contributed by atoms with Crippen LogP contribution in [0, 0.1) is 0 Å². The van der Waals surface area contributed by atoms with Gasteiger partial charge in [-0.25, -0.2) is 4.98 Å². The predicted octanol–water partition coefficient (Wildman–Crippen LogP) is 5.76. The van der Waals surface area contributed by atoms with E-state index in [-0.39, 0.29) is 0 Å². The Morgan fingerprint density at radius 2 is 1.74 bits per heavy atom. The highest BCUT2D eigenvalue weighted by atomic mass is 32.1. The number of nitrogen functional groups attached to an aromatic ring is 1. The monoisotopic (exact) mass is 374 g/mol. The summed E-state index contributed by atoms with van der Waals surface area (Å²) in [5.41, 5.74) is 13.0. The number of nitrogens with one attached hydrogen (secondary N) is 1. The lowest BCUT2D eigenvalue weighted by Gasteiger charge is -2.23. The maximum atomic E-state index is 6.08. The van der Waals surface area contributed by atoms with E-state index >= 15 is 0 Å². The number of rotatable bonds is 5. The summed E-state index contributed by atoms with van der Waals surface area (Å²) in [5, 5.41) is 14.9. The molecule has 0 fully saturated rings. The highest BCUT2D eigenvalue weighted by Gasteiger charge is 2.06. The third-order valence-corrected chi connectivity index (χ3v) is 4.81. The number of azo groups is 1. The first kappa shape index (κ1) is 17.0. The fourth-order valence-electron chi connectivity index (χ4n) is 2.77. The van der Waals surface area contributed by atoms with Crippen LogP contribution >= 0.6 is 11.3 Å². The number of benzene rings is 3. The molecule has 134 valence electrons. The van der Waals surface area contributed by atoms with E-state index in [9.17, 15) is 0 Å². The smallest absolute Gasteiger partial charge is 0.229 e. The summed E-state index contributed by atoms with van der Waals surface area (Å²) >= 11 is 1.45. The van der Waals surface area contributed by atoms with E-state index in [0.29, 0.717) is 5.13 Å². The van der Waals surface area contributed by atoms with Gasteiger partial charge in [0, 0.05) is 35.1 Å². The molecule has 0 radical (unpaired) electrons. The molecule has 4 aromatic rings. The topological polar surface area (TPSA) is 78.9 Å². The third-order valence-electron chi connectivity index (χ3n) is 4.15. The number of nitrogens with zero attached hydrogens (tertiary/aromatic N) is 4. The Labute approximate surface area is 161 Å². The molecule has 4 rings (SSSR count). The summed E-state index contributed by atoms with van der Waals surface area (Å²) in [4.78, 5) is 4.09. The molecule has 0 spiro atoms. The van der Waals surface area contributed by atoms with E-state index in [2.05, 4.69) is 26.7 Å². The third kappa shape index (κ3) is 3.73. The van der Waals surface area contributed by atoms with Crippen LogP contribution in [0.5, 0.6) is 0 Å². The van der Waals surface area contributed by atoms with E-state index in [1.165, 1.54) is 11.3 Å². The van der Waals surface area contributed by atoms with Gasteiger partial charge in [-0.2, -0.15) is 0 Å². The molecule has 6 nitrogen and oxygen atoms in total. The van der Waals surface area contributed by atoms with Gasteiger partial charge in [-0.15, -0.1) is 21.6 Å². The van der Waals surface area contributed by atoms with Crippen molar-refractivity contribution >= 4 is 50.0 Å². The van der Waals surface area contributed by atoms with Crippen molar-refractivity contribution in [3.05, 3.63) is 72.2 Å². The van der Waals surface area contributed by atoms with Gasteiger partial charge in [0.2, 0.25) is 5.13 Å². The molecule has 0 saturated heterocycles. The normalized spacial score (nSPS) is 11.1. The molecular formula is C20H18N6S. The van der Waals surface area contributed by atoms with Gasteiger partial charge in [-0.3, -0.25) is 10.4 Å². The average molecular weight is 374 g/mol. The van der Waals surface area contributed by atoms with E-state index in [4.69, 9.17) is 5.73 Å². The fraction of sp³-hybridized carbons (Fsp3) is 0.0500. The minimum atomic E-state index is 0.646. The molecule has 0 amide bonds. The predicted molar refractivity (Wildman–Crippen MR) is 113 cm³/mol. The van der Waals surface area contributed by atoms with Crippen molar-refractivity contribution in [1.82, 2.24) is 4.98 Å².